The summed E-state index contributed by atoms with van der Waals surface area (Å²) in [4.78, 5) is 15.2. The van der Waals surface area contributed by atoms with Crippen molar-refractivity contribution >= 4 is 39.9 Å². The molecule has 0 aromatic heterocycles. The summed E-state index contributed by atoms with van der Waals surface area (Å²) in [5.74, 6) is 0.120. The Balaban J connectivity index is 0.00000341. The van der Waals surface area contributed by atoms with E-state index in [1.165, 1.54) is 0 Å². The molecular weight excluding hydrogens is 457 g/mol. The van der Waals surface area contributed by atoms with Crippen molar-refractivity contribution in [3.05, 3.63) is 35.9 Å². The number of rotatable bonds is 7. The van der Waals surface area contributed by atoms with E-state index in [0.717, 1.165) is 25.7 Å². The lowest BCUT2D eigenvalue weighted by Crippen LogP contribution is -2.67. The number of nitrogens with zero attached hydrogens (tertiary/aromatic N) is 2. The zero-order valence-electron chi connectivity index (χ0n) is 18.4. The number of benzene rings is 1. The van der Waals surface area contributed by atoms with Gasteiger partial charge in [0.15, 0.2) is 0 Å². The van der Waals surface area contributed by atoms with E-state index in [1.54, 1.807) is 4.31 Å². The number of halogens is 2. The van der Waals surface area contributed by atoms with E-state index in [4.69, 9.17) is 11.6 Å². The first-order chi connectivity index (χ1) is 14.3. The zero-order chi connectivity index (χ0) is 21.8. The summed E-state index contributed by atoms with van der Waals surface area (Å²) in [6.07, 6.45) is 4.37. The lowest BCUT2D eigenvalue weighted by atomic mass is 9.74. The van der Waals surface area contributed by atoms with Crippen LogP contribution in [0.4, 0.5) is 0 Å². The van der Waals surface area contributed by atoms with Gasteiger partial charge >= 0.3 is 0 Å². The fraction of sp³-hybridized carbons (Fsp3) is 0.682. The first-order valence-electron chi connectivity index (χ1n) is 11.0. The third-order valence-corrected chi connectivity index (χ3v) is 9.06. The van der Waals surface area contributed by atoms with Crippen LogP contribution in [0.25, 0.3) is 0 Å². The summed E-state index contributed by atoms with van der Waals surface area (Å²) in [6, 6.07) is 9.16. The van der Waals surface area contributed by atoms with E-state index in [0.29, 0.717) is 38.2 Å². The largest absolute Gasteiger partial charge is 0.348 e. The van der Waals surface area contributed by atoms with Crippen LogP contribution in [0.15, 0.2) is 30.3 Å². The summed E-state index contributed by atoms with van der Waals surface area (Å²) < 4.78 is 26.6. The highest BCUT2D eigenvalue weighted by atomic mass is 35.5. The average molecular weight is 493 g/mol. The van der Waals surface area contributed by atoms with Crippen molar-refractivity contribution in [1.82, 2.24) is 14.5 Å². The number of hydrogen-bond donors (Lipinski definition) is 1. The Hall–Kier alpha value is -0.860. The first-order valence-corrected chi connectivity index (χ1v) is 13.1. The van der Waals surface area contributed by atoms with Gasteiger partial charge in [-0.3, -0.25) is 9.69 Å². The van der Waals surface area contributed by atoms with Gasteiger partial charge in [0.1, 0.15) is 0 Å². The molecule has 3 unspecified atom stereocenters. The van der Waals surface area contributed by atoms with Crippen molar-refractivity contribution in [1.29, 1.82) is 0 Å². The maximum atomic E-state index is 12.8. The van der Waals surface area contributed by atoms with E-state index in [2.05, 4.69) is 17.1 Å². The fourth-order valence-electron chi connectivity index (χ4n) is 4.97. The first kappa shape index (κ1) is 26.4. The van der Waals surface area contributed by atoms with Gasteiger partial charge in [-0.2, -0.15) is 4.31 Å². The molecule has 0 radical (unpaired) electrons. The molecule has 3 rings (SSSR count). The van der Waals surface area contributed by atoms with Crippen LogP contribution in [0.2, 0.25) is 0 Å². The molecule has 1 aromatic carbocycles. The summed E-state index contributed by atoms with van der Waals surface area (Å²) >= 11 is 6.61. The van der Waals surface area contributed by atoms with Gasteiger partial charge < -0.3 is 5.32 Å². The molecule has 2 aliphatic rings. The van der Waals surface area contributed by atoms with Crippen LogP contribution in [0, 0.1) is 0 Å². The number of sulfonamides is 1. The second-order valence-corrected chi connectivity index (χ2v) is 11.3. The molecule has 0 spiro atoms. The second-order valence-electron chi connectivity index (χ2n) is 8.56. The topological polar surface area (TPSA) is 69.7 Å². The monoisotopic (exact) mass is 491 g/mol. The summed E-state index contributed by atoms with van der Waals surface area (Å²) in [7, 11) is -3.18. The van der Waals surface area contributed by atoms with Crippen LogP contribution in [0.5, 0.6) is 0 Å². The molecular formula is C22H35Cl2N3O3S. The molecule has 0 bridgehead atoms. The number of amides is 1. The maximum absolute atomic E-state index is 12.8. The van der Waals surface area contributed by atoms with Crippen molar-refractivity contribution in [2.75, 3.05) is 31.9 Å². The van der Waals surface area contributed by atoms with Crippen LogP contribution in [0.1, 0.15) is 56.3 Å². The minimum absolute atomic E-state index is 0. The molecule has 31 heavy (non-hydrogen) atoms. The van der Waals surface area contributed by atoms with Crippen LogP contribution in [0.3, 0.4) is 0 Å². The predicted molar refractivity (Wildman–Crippen MR) is 129 cm³/mol. The maximum Gasteiger partial charge on any atom is 0.251 e. The third-order valence-electron chi connectivity index (χ3n) is 6.62. The Kier molecular flexibility index (Phi) is 9.64. The Morgan fingerprint density at radius 1 is 1.23 bits per heavy atom. The minimum Gasteiger partial charge on any atom is -0.348 e. The zero-order valence-corrected chi connectivity index (χ0v) is 20.8. The molecule has 9 heteroatoms. The molecule has 1 saturated carbocycles. The van der Waals surface area contributed by atoms with Crippen LogP contribution < -0.4 is 5.32 Å². The smallest absolute Gasteiger partial charge is 0.251 e. The number of alkyl halides is 1. The van der Waals surface area contributed by atoms with E-state index in [1.807, 2.05) is 37.3 Å². The van der Waals surface area contributed by atoms with Gasteiger partial charge in [-0.25, -0.2) is 8.42 Å². The number of piperazine rings is 1. The van der Waals surface area contributed by atoms with E-state index < -0.39 is 10.0 Å². The molecule has 2 fully saturated rings. The number of hydrogen-bond acceptors (Lipinski definition) is 4. The highest BCUT2D eigenvalue weighted by Crippen LogP contribution is 2.39. The van der Waals surface area contributed by atoms with Gasteiger partial charge in [-0.15, -0.1) is 24.0 Å². The summed E-state index contributed by atoms with van der Waals surface area (Å²) in [5, 5.41) is 3.28. The molecule has 1 amide bonds. The highest BCUT2D eigenvalue weighted by molar-refractivity contribution is 7.89. The van der Waals surface area contributed by atoms with Crippen molar-refractivity contribution < 1.29 is 13.2 Å². The van der Waals surface area contributed by atoms with E-state index in [-0.39, 0.29) is 41.0 Å². The van der Waals surface area contributed by atoms with Gasteiger partial charge in [0.2, 0.25) is 10.0 Å². The van der Waals surface area contributed by atoms with Gasteiger partial charge in [0.05, 0.1) is 5.75 Å². The molecule has 1 N–H and O–H groups in total. The number of carbonyl (C=O) groups is 1. The van der Waals surface area contributed by atoms with Gasteiger partial charge in [0, 0.05) is 48.7 Å². The minimum atomic E-state index is -3.18. The quantitative estimate of drug-likeness (QED) is 0.592. The van der Waals surface area contributed by atoms with Crippen molar-refractivity contribution in [2.45, 2.75) is 62.9 Å². The van der Waals surface area contributed by atoms with Gasteiger partial charge in [-0.1, -0.05) is 31.5 Å². The lowest BCUT2D eigenvalue weighted by Gasteiger charge is -2.53. The van der Waals surface area contributed by atoms with Gasteiger partial charge in [-0.05, 0) is 44.7 Å². The van der Waals surface area contributed by atoms with Crippen molar-refractivity contribution in [3.8, 4) is 0 Å². The van der Waals surface area contributed by atoms with Crippen LogP contribution in [-0.4, -0.2) is 72.4 Å². The highest BCUT2D eigenvalue weighted by Gasteiger charge is 2.47. The summed E-state index contributed by atoms with van der Waals surface area (Å²) in [6.45, 7) is 6.28. The molecule has 1 saturated heterocycles. The SMILES string of the molecule is CCCS(=O)(=O)N1CCN(C2(C(C)NC(=O)c3ccccc3)CCCC(Cl)C2)CC1.Cl. The normalized spacial score (nSPS) is 26.6. The van der Waals surface area contributed by atoms with Crippen molar-refractivity contribution in [3.63, 3.8) is 0 Å². The molecule has 176 valence electrons. The van der Waals surface area contributed by atoms with Crippen LogP contribution >= 0.6 is 24.0 Å². The average Bonchev–Trinajstić information content (AvgIpc) is 2.74. The second kappa shape index (κ2) is 11.3. The number of nitrogens with one attached hydrogen (secondary N) is 1. The third kappa shape index (κ3) is 6.14. The molecule has 1 heterocycles. The standard InChI is InChI=1S/C22H34ClN3O3S.ClH/c1-3-16-30(28,29)26-14-12-25(13-15-26)22(11-7-10-20(23)17-22)18(2)24-21(27)19-8-5-4-6-9-19;/h4-6,8-9,18,20H,3,7,10-17H2,1-2H3,(H,24,27);1H. The van der Waals surface area contributed by atoms with E-state index in [9.17, 15) is 13.2 Å². The molecule has 1 aromatic rings. The number of carbonyl (C=O) groups excluding carboxylic acids is 1. The summed E-state index contributed by atoms with van der Waals surface area (Å²) in [5.41, 5.74) is 0.392. The van der Waals surface area contributed by atoms with Crippen LogP contribution in [-0.2, 0) is 10.0 Å². The predicted octanol–water partition coefficient (Wildman–Crippen LogP) is 3.50. The Bertz CT molecular complexity index is 817. The Morgan fingerprint density at radius 2 is 1.87 bits per heavy atom. The molecule has 1 aliphatic carbocycles. The molecule has 1 aliphatic heterocycles. The van der Waals surface area contributed by atoms with Crippen molar-refractivity contribution in [2.24, 2.45) is 0 Å². The van der Waals surface area contributed by atoms with E-state index >= 15 is 0 Å². The van der Waals surface area contributed by atoms with Gasteiger partial charge in [0.25, 0.3) is 5.91 Å². The Labute approximate surface area is 198 Å². The molecule has 3 atom stereocenters. The Morgan fingerprint density at radius 3 is 2.45 bits per heavy atom. The lowest BCUT2D eigenvalue weighted by molar-refractivity contribution is 0.00175. The molecule has 6 nitrogen and oxygen atoms in total. The fourth-order valence-corrected chi connectivity index (χ4v) is 6.89.